The molecule has 0 aromatic carbocycles. The van der Waals surface area contributed by atoms with E-state index < -0.39 is 0 Å². The number of aromatic nitrogens is 2. The molecule has 0 saturated carbocycles. The normalized spacial score (nSPS) is 12.5. The lowest BCUT2D eigenvalue weighted by atomic mass is 10.0. The fourth-order valence-electron chi connectivity index (χ4n) is 1.66. The Balaban J connectivity index is 2.89. The van der Waals surface area contributed by atoms with Crippen LogP contribution < -0.4 is 5.32 Å². The topological polar surface area (TPSA) is 37.8 Å². The van der Waals surface area contributed by atoms with Crippen molar-refractivity contribution in [2.24, 2.45) is 0 Å². The molecule has 1 heterocycles. The zero-order valence-electron chi connectivity index (χ0n) is 9.75. The first kappa shape index (κ1) is 11.9. The molecule has 0 aliphatic carbocycles. The molecule has 0 aliphatic heterocycles. The molecule has 0 aliphatic rings. The molecule has 1 atom stereocenters. The lowest BCUT2D eigenvalue weighted by Gasteiger charge is -2.17. The van der Waals surface area contributed by atoms with Crippen molar-refractivity contribution < 1.29 is 0 Å². The van der Waals surface area contributed by atoms with Gasteiger partial charge >= 0.3 is 0 Å². The van der Waals surface area contributed by atoms with Crippen LogP contribution in [0.4, 0.5) is 0 Å². The number of hydrogen-bond acceptors (Lipinski definition) is 3. The Morgan fingerprint density at radius 3 is 2.80 bits per heavy atom. The van der Waals surface area contributed by atoms with Gasteiger partial charge in [-0.15, -0.1) is 6.58 Å². The van der Waals surface area contributed by atoms with Gasteiger partial charge in [-0.25, -0.2) is 0 Å². The van der Waals surface area contributed by atoms with Crippen LogP contribution in [0, 0.1) is 13.8 Å². The molecule has 1 rings (SSSR count). The first-order valence-electron chi connectivity index (χ1n) is 5.28. The molecule has 15 heavy (non-hydrogen) atoms. The van der Waals surface area contributed by atoms with Crippen LogP contribution in [-0.4, -0.2) is 17.2 Å². The van der Waals surface area contributed by atoms with Crippen LogP contribution in [0.3, 0.4) is 0 Å². The minimum Gasteiger partial charge on any atom is -0.313 e. The van der Waals surface area contributed by atoms with Crippen LogP contribution in [0.1, 0.15) is 35.8 Å². The van der Waals surface area contributed by atoms with Gasteiger partial charge in [-0.3, -0.25) is 0 Å². The SMILES string of the molecule is C=CCCC(NC)c1cc(C)nnc1C. The van der Waals surface area contributed by atoms with Crippen molar-refractivity contribution >= 4 is 0 Å². The predicted octanol–water partition coefficient (Wildman–Crippen LogP) is 2.32. The zero-order chi connectivity index (χ0) is 11.3. The quantitative estimate of drug-likeness (QED) is 0.750. The number of hydrogen-bond donors (Lipinski definition) is 1. The van der Waals surface area contributed by atoms with Crippen LogP contribution in [0.5, 0.6) is 0 Å². The van der Waals surface area contributed by atoms with Gasteiger partial charge in [-0.1, -0.05) is 6.08 Å². The molecule has 3 nitrogen and oxygen atoms in total. The highest BCUT2D eigenvalue weighted by Gasteiger charge is 2.12. The van der Waals surface area contributed by atoms with Crippen LogP contribution in [0.2, 0.25) is 0 Å². The second-order valence-corrected chi connectivity index (χ2v) is 3.73. The van der Waals surface area contributed by atoms with Crippen molar-refractivity contribution in [3.63, 3.8) is 0 Å². The molecular formula is C12H19N3. The lowest BCUT2D eigenvalue weighted by Crippen LogP contribution is -2.18. The first-order valence-corrected chi connectivity index (χ1v) is 5.28. The third-order valence-electron chi connectivity index (χ3n) is 2.52. The Kier molecular flexibility index (Phi) is 4.43. The smallest absolute Gasteiger partial charge is 0.0648 e. The summed E-state index contributed by atoms with van der Waals surface area (Å²) in [6.45, 7) is 7.71. The van der Waals surface area contributed by atoms with Gasteiger partial charge in [0.25, 0.3) is 0 Å². The number of nitrogens with zero attached hydrogens (tertiary/aromatic N) is 2. The maximum absolute atomic E-state index is 4.14. The van der Waals surface area contributed by atoms with E-state index in [0.717, 1.165) is 24.2 Å². The fourth-order valence-corrected chi connectivity index (χ4v) is 1.66. The minimum absolute atomic E-state index is 0.345. The van der Waals surface area contributed by atoms with Crippen LogP contribution in [0.25, 0.3) is 0 Å². The Morgan fingerprint density at radius 2 is 2.20 bits per heavy atom. The molecule has 0 spiro atoms. The molecule has 82 valence electrons. The van der Waals surface area contributed by atoms with Gasteiger partial charge in [0.1, 0.15) is 0 Å². The van der Waals surface area contributed by atoms with E-state index in [1.807, 2.05) is 27.0 Å². The molecule has 0 saturated heterocycles. The first-order chi connectivity index (χ1) is 7.19. The van der Waals surface area contributed by atoms with E-state index in [1.54, 1.807) is 0 Å². The Bertz CT molecular complexity index is 334. The van der Waals surface area contributed by atoms with Crippen LogP contribution >= 0.6 is 0 Å². The second-order valence-electron chi connectivity index (χ2n) is 3.73. The molecule has 0 amide bonds. The van der Waals surface area contributed by atoms with Crippen molar-refractivity contribution in [1.82, 2.24) is 15.5 Å². The molecule has 0 fully saturated rings. The van der Waals surface area contributed by atoms with Crippen molar-refractivity contribution in [2.75, 3.05) is 7.05 Å². The second kappa shape index (κ2) is 5.61. The van der Waals surface area contributed by atoms with E-state index >= 15 is 0 Å². The summed E-state index contributed by atoms with van der Waals surface area (Å²) in [4.78, 5) is 0. The maximum Gasteiger partial charge on any atom is 0.0648 e. The predicted molar refractivity (Wildman–Crippen MR) is 62.7 cm³/mol. The van der Waals surface area contributed by atoms with E-state index in [2.05, 4.69) is 28.2 Å². The van der Waals surface area contributed by atoms with Gasteiger partial charge in [-0.2, -0.15) is 10.2 Å². The van der Waals surface area contributed by atoms with Crippen molar-refractivity contribution in [1.29, 1.82) is 0 Å². The van der Waals surface area contributed by atoms with Crippen molar-refractivity contribution in [3.05, 3.63) is 35.7 Å². The standard InChI is InChI=1S/C12H19N3/c1-5-6-7-12(13-4)11-8-9(2)14-15-10(11)3/h5,8,12-13H,1,6-7H2,2-4H3. The van der Waals surface area contributed by atoms with E-state index in [0.29, 0.717) is 6.04 Å². The monoisotopic (exact) mass is 205 g/mol. The molecule has 1 aromatic heterocycles. The van der Waals surface area contributed by atoms with Crippen molar-refractivity contribution in [2.45, 2.75) is 32.7 Å². The van der Waals surface area contributed by atoms with Gasteiger partial charge in [0.2, 0.25) is 0 Å². The summed E-state index contributed by atoms with van der Waals surface area (Å²) < 4.78 is 0. The number of aryl methyl sites for hydroxylation is 2. The summed E-state index contributed by atoms with van der Waals surface area (Å²) in [5.41, 5.74) is 3.21. The lowest BCUT2D eigenvalue weighted by molar-refractivity contribution is 0.547. The molecule has 3 heteroatoms. The number of allylic oxidation sites excluding steroid dienone is 1. The Morgan fingerprint density at radius 1 is 1.47 bits per heavy atom. The van der Waals surface area contributed by atoms with Gasteiger partial charge in [0.05, 0.1) is 11.4 Å². The van der Waals surface area contributed by atoms with Gasteiger partial charge in [0.15, 0.2) is 0 Å². The minimum atomic E-state index is 0.345. The highest BCUT2D eigenvalue weighted by molar-refractivity contribution is 5.23. The molecule has 1 N–H and O–H groups in total. The van der Waals surface area contributed by atoms with Gasteiger partial charge in [-0.05, 0) is 45.4 Å². The summed E-state index contributed by atoms with van der Waals surface area (Å²) in [7, 11) is 1.98. The Labute approximate surface area is 91.6 Å². The largest absolute Gasteiger partial charge is 0.313 e. The van der Waals surface area contributed by atoms with E-state index in [1.165, 1.54) is 5.56 Å². The third-order valence-corrected chi connectivity index (χ3v) is 2.52. The fraction of sp³-hybridized carbons (Fsp3) is 0.500. The van der Waals surface area contributed by atoms with E-state index in [-0.39, 0.29) is 0 Å². The maximum atomic E-state index is 4.14. The molecule has 1 unspecified atom stereocenters. The average molecular weight is 205 g/mol. The number of rotatable bonds is 5. The highest BCUT2D eigenvalue weighted by atomic mass is 15.1. The molecule has 0 bridgehead atoms. The van der Waals surface area contributed by atoms with E-state index in [9.17, 15) is 0 Å². The summed E-state index contributed by atoms with van der Waals surface area (Å²) in [6, 6.07) is 2.45. The van der Waals surface area contributed by atoms with Gasteiger partial charge in [0, 0.05) is 6.04 Å². The summed E-state index contributed by atoms with van der Waals surface area (Å²) in [5.74, 6) is 0. The molecule has 0 radical (unpaired) electrons. The molecular weight excluding hydrogens is 186 g/mol. The summed E-state index contributed by atoms with van der Waals surface area (Å²) >= 11 is 0. The van der Waals surface area contributed by atoms with Crippen LogP contribution in [0.15, 0.2) is 18.7 Å². The Hall–Kier alpha value is -1.22. The van der Waals surface area contributed by atoms with E-state index in [4.69, 9.17) is 0 Å². The average Bonchev–Trinajstić information content (AvgIpc) is 2.24. The summed E-state index contributed by atoms with van der Waals surface area (Å²) in [5, 5.41) is 11.5. The highest BCUT2D eigenvalue weighted by Crippen LogP contribution is 2.20. The zero-order valence-corrected chi connectivity index (χ0v) is 9.75. The van der Waals surface area contributed by atoms with Gasteiger partial charge < -0.3 is 5.32 Å². The number of nitrogens with one attached hydrogen (secondary N) is 1. The molecule has 1 aromatic rings. The van der Waals surface area contributed by atoms with Crippen LogP contribution in [-0.2, 0) is 0 Å². The summed E-state index contributed by atoms with van der Waals surface area (Å²) in [6.07, 6.45) is 4.00. The third kappa shape index (κ3) is 3.13. The van der Waals surface area contributed by atoms with Crippen molar-refractivity contribution in [3.8, 4) is 0 Å².